The number of benzene rings is 1. The zero-order valence-corrected chi connectivity index (χ0v) is 10.7. The first-order valence-electron chi connectivity index (χ1n) is 5.38. The predicted octanol–water partition coefficient (Wildman–Crippen LogP) is 3.68. The Hall–Kier alpha value is -1.35. The summed E-state index contributed by atoms with van der Waals surface area (Å²) < 4.78 is 0. The van der Waals surface area contributed by atoms with Gasteiger partial charge in [0.1, 0.15) is 5.01 Å². The number of thiazole rings is 1. The zero-order valence-electron chi connectivity index (χ0n) is 9.87. The lowest BCUT2D eigenvalue weighted by molar-refractivity contribution is 1.07. The van der Waals surface area contributed by atoms with Crippen LogP contribution in [0.4, 0.5) is 5.69 Å². The van der Waals surface area contributed by atoms with Gasteiger partial charge in [-0.2, -0.15) is 0 Å². The van der Waals surface area contributed by atoms with Crippen LogP contribution in [0.1, 0.15) is 21.1 Å². The highest BCUT2D eigenvalue weighted by molar-refractivity contribution is 7.11. The van der Waals surface area contributed by atoms with Gasteiger partial charge in [-0.15, -0.1) is 11.3 Å². The van der Waals surface area contributed by atoms with Gasteiger partial charge in [-0.3, -0.25) is 0 Å². The molecule has 0 aliphatic carbocycles. The average Bonchev–Trinajstić information content (AvgIpc) is 2.56. The molecule has 0 spiro atoms. The molecule has 2 nitrogen and oxygen atoms in total. The van der Waals surface area contributed by atoms with Crippen molar-refractivity contribution in [1.29, 1.82) is 0 Å². The van der Waals surface area contributed by atoms with Gasteiger partial charge in [-0.1, -0.05) is 12.1 Å². The van der Waals surface area contributed by atoms with Crippen LogP contribution in [0, 0.1) is 20.8 Å². The van der Waals surface area contributed by atoms with Gasteiger partial charge >= 0.3 is 0 Å². The summed E-state index contributed by atoms with van der Waals surface area (Å²) in [6.07, 6.45) is 0. The van der Waals surface area contributed by atoms with Crippen LogP contribution >= 0.6 is 11.3 Å². The normalized spacial score (nSPS) is 10.4. The Kier molecular flexibility index (Phi) is 3.25. The fourth-order valence-corrected chi connectivity index (χ4v) is 2.42. The lowest BCUT2D eigenvalue weighted by atomic mass is 10.2. The Balaban J connectivity index is 2.02. The molecule has 0 aliphatic rings. The SMILES string of the molecule is Cc1cccc(NCc2nc(C)c(C)s2)c1. The Labute approximate surface area is 100 Å². The monoisotopic (exact) mass is 232 g/mol. The minimum absolute atomic E-state index is 0.808. The van der Waals surface area contributed by atoms with Gasteiger partial charge in [0.25, 0.3) is 0 Å². The van der Waals surface area contributed by atoms with Gasteiger partial charge < -0.3 is 5.32 Å². The van der Waals surface area contributed by atoms with E-state index in [1.165, 1.54) is 10.4 Å². The maximum absolute atomic E-state index is 4.50. The van der Waals surface area contributed by atoms with Gasteiger partial charge in [0.15, 0.2) is 0 Å². The van der Waals surface area contributed by atoms with Crippen molar-refractivity contribution in [2.45, 2.75) is 27.3 Å². The second kappa shape index (κ2) is 4.66. The molecule has 0 saturated carbocycles. The van der Waals surface area contributed by atoms with Crippen LogP contribution in [-0.2, 0) is 6.54 Å². The highest BCUT2D eigenvalue weighted by Crippen LogP contribution is 2.18. The molecule has 3 heteroatoms. The van der Waals surface area contributed by atoms with Crippen LogP contribution in [0.5, 0.6) is 0 Å². The summed E-state index contributed by atoms with van der Waals surface area (Å²) in [7, 11) is 0. The van der Waals surface area contributed by atoms with Crippen LogP contribution in [0.25, 0.3) is 0 Å². The molecule has 1 aromatic heterocycles. The third kappa shape index (κ3) is 2.61. The fraction of sp³-hybridized carbons (Fsp3) is 0.308. The molecule has 0 bridgehead atoms. The van der Waals surface area contributed by atoms with Crippen molar-refractivity contribution in [2.75, 3.05) is 5.32 Å². The quantitative estimate of drug-likeness (QED) is 0.873. The Morgan fingerprint density at radius 2 is 2.06 bits per heavy atom. The molecular weight excluding hydrogens is 216 g/mol. The van der Waals surface area contributed by atoms with Gasteiger partial charge in [-0.25, -0.2) is 4.98 Å². The number of hydrogen-bond donors (Lipinski definition) is 1. The van der Waals surface area contributed by atoms with E-state index in [4.69, 9.17) is 0 Å². The molecule has 0 atom stereocenters. The summed E-state index contributed by atoms with van der Waals surface area (Å²) in [6.45, 7) is 7.08. The number of nitrogens with one attached hydrogen (secondary N) is 1. The second-order valence-electron chi connectivity index (χ2n) is 3.97. The number of rotatable bonds is 3. The Morgan fingerprint density at radius 1 is 1.25 bits per heavy atom. The van der Waals surface area contributed by atoms with E-state index in [9.17, 15) is 0 Å². The highest BCUT2D eigenvalue weighted by Gasteiger charge is 2.02. The number of anilines is 1. The van der Waals surface area contributed by atoms with Crippen molar-refractivity contribution < 1.29 is 0 Å². The molecule has 1 aromatic carbocycles. The van der Waals surface area contributed by atoms with Crippen molar-refractivity contribution >= 4 is 17.0 Å². The molecule has 0 saturated heterocycles. The predicted molar refractivity (Wildman–Crippen MR) is 70.1 cm³/mol. The maximum Gasteiger partial charge on any atom is 0.112 e. The molecule has 0 amide bonds. The number of aryl methyl sites for hydroxylation is 3. The average molecular weight is 232 g/mol. The molecule has 1 heterocycles. The van der Waals surface area contributed by atoms with Gasteiger partial charge in [0.2, 0.25) is 0 Å². The lowest BCUT2D eigenvalue weighted by Crippen LogP contribution is -1.98. The van der Waals surface area contributed by atoms with Crippen molar-refractivity contribution in [3.05, 3.63) is 45.4 Å². The van der Waals surface area contributed by atoms with E-state index in [0.29, 0.717) is 0 Å². The Morgan fingerprint density at radius 3 is 2.69 bits per heavy atom. The second-order valence-corrected chi connectivity index (χ2v) is 5.26. The third-order valence-electron chi connectivity index (χ3n) is 2.53. The van der Waals surface area contributed by atoms with Gasteiger partial charge in [0, 0.05) is 10.6 Å². The number of aromatic nitrogens is 1. The molecule has 1 N–H and O–H groups in total. The van der Waals surface area contributed by atoms with E-state index < -0.39 is 0 Å². The van der Waals surface area contributed by atoms with E-state index >= 15 is 0 Å². The van der Waals surface area contributed by atoms with Crippen LogP contribution in [0.15, 0.2) is 24.3 Å². The van der Waals surface area contributed by atoms with Crippen LogP contribution < -0.4 is 5.32 Å². The standard InChI is InChI=1S/C13H16N2S/c1-9-5-4-6-12(7-9)14-8-13-15-10(2)11(3)16-13/h4-7,14H,8H2,1-3H3. The summed E-state index contributed by atoms with van der Waals surface area (Å²) in [4.78, 5) is 5.81. The minimum Gasteiger partial charge on any atom is -0.379 e. The summed E-state index contributed by atoms with van der Waals surface area (Å²) in [5, 5.41) is 4.54. The molecule has 0 fully saturated rings. The van der Waals surface area contributed by atoms with Crippen LogP contribution in [-0.4, -0.2) is 4.98 Å². The van der Waals surface area contributed by atoms with E-state index in [-0.39, 0.29) is 0 Å². The molecule has 2 aromatic rings. The Bertz CT molecular complexity index is 469. The molecule has 0 unspecified atom stereocenters. The summed E-state index contributed by atoms with van der Waals surface area (Å²) in [5.74, 6) is 0. The van der Waals surface area contributed by atoms with Gasteiger partial charge in [-0.05, 0) is 38.5 Å². The molecule has 0 aliphatic heterocycles. The third-order valence-corrected chi connectivity index (χ3v) is 3.61. The highest BCUT2D eigenvalue weighted by atomic mass is 32.1. The zero-order chi connectivity index (χ0) is 11.5. The maximum atomic E-state index is 4.50. The lowest BCUT2D eigenvalue weighted by Gasteiger charge is -2.04. The summed E-state index contributed by atoms with van der Waals surface area (Å²) in [5.41, 5.74) is 3.58. The van der Waals surface area contributed by atoms with Crippen LogP contribution in [0.2, 0.25) is 0 Å². The van der Waals surface area contributed by atoms with Crippen molar-refractivity contribution in [3.63, 3.8) is 0 Å². The van der Waals surface area contributed by atoms with Crippen molar-refractivity contribution in [3.8, 4) is 0 Å². The minimum atomic E-state index is 0.808. The topological polar surface area (TPSA) is 24.9 Å². The molecule has 0 radical (unpaired) electrons. The number of nitrogens with zero attached hydrogens (tertiary/aromatic N) is 1. The van der Waals surface area contributed by atoms with Crippen molar-refractivity contribution in [2.24, 2.45) is 0 Å². The van der Waals surface area contributed by atoms with E-state index in [2.05, 4.69) is 55.3 Å². The summed E-state index contributed by atoms with van der Waals surface area (Å²) in [6, 6.07) is 8.40. The fourth-order valence-electron chi connectivity index (χ4n) is 1.55. The van der Waals surface area contributed by atoms with Crippen LogP contribution in [0.3, 0.4) is 0 Å². The van der Waals surface area contributed by atoms with E-state index in [1.54, 1.807) is 11.3 Å². The molecule has 2 rings (SSSR count). The molecule has 84 valence electrons. The first-order valence-corrected chi connectivity index (χ1v) is 6.20. The molecule has 16 heavy (non-hydrogen) atoms. The largest absolute Gasteiger partial charge is 0.379 e. The van der Waals surface area contributed by atoms with Crippen molar-refractivity contribution in [1.82, 2.24) is 4.98 Å². The number of hydrogen-bond acceptors (Lipinski definition) is 3. The summed E-state index contributed by atoms with van der Waals surface area (Å²) >= 11 is 1.76. The first-order chi connectivity index (χ1) is 7.65. The first kappa shape index (κ1) is 11.1. The van der Waals surface area contributed by atoms with E-state index in [0.717, 1.165) is 22.9 Å². The molecular formula is C13H16N2S. The smallest absolute Gasteiger partial charge is 0.112 e. The van der Waals surface area contributed by atoms with Gasteiger partial charge in [0.05, 0.1) is 12.2 Å². The van der Waals surface area contributed by atoms with E-state index in [1.807, 2.05) is 0 Å².